The number of carbonyl (C=O) groups excluding carboxylic acids is 6. The first-order valence-corrected chi connectivity index (χ1v) is 22.1. The Balaban J connectivity index is 1.29. The Kier molecular flexibility index (Phi) is 11.2. The number of primary amides is 1. The minimum Gasteiger partial charge on any atom is -0.363 e. The van der Waals surface area contributed by atoms with Crippen LogP contribution < -0.4 is 21.7 Å². The van der Waals surface area contributed by atoms with E-state index in [2.05, 4.69) is 16.0 Å². The van der Waals surface area contributed by atoms with Crippen molar-refractivity contribution in [3.05, 3.63) is 0 Å². The molecule has 5 saturated carbocycles. The Hall–Kier alpha value is -2.92. The van der Waals surface area contributed by atoms with Crippen LogP contribution in [0.1, 0.15) is 143 Å². The summed E-state index contributed by atoms with van der Waals surface area (Å²) in [6, 6.07) is -3.34. The first-order chi connectivity index (χ1) is 25.0. The molecule has 1 spiro atoms. The van der Waals surface area contributed by atoms with Gasteiger partial charge in [0.05, 0.1) is 21.1 Å². The summed E-state index contributed by atoms with van der Waals surface area (Å²) in [5, 5.41) is 11.1. The maximum Gasteiger partial charge on any atom is 0.315 e. The van der Waals surface area contributed by atoms with E-state index in [1.54, 1.807) is 25.7 Å². The number of nitrogens with two attached hydrogens (primary N) is 1. The summed E-state index contributed by atoms with van der Waals surface area (Å²) in [7, 11) is -3.12. The average Bonchev–Trinajstić information content (AvgIpc) is 3.65. The molecule has 53 heavy (non-hydrogen) atoms. The number of rotatable bonds is 12. The molecule has 0 bridgehead atoms. The quantitative estimate of drug-likeness (QED) is 0.170. The number of likely N-dealkylation sites (tertiary alicyclic amines) is 1. The first kappa shape index (κ1) is 39.8. The predicted molar refractivity (Wildman–Crippen MR) is 202 cm³/mol. The van der Waals surface area contributed by atoms with Crippen molar-refractivity contribution in [2.24, 2.45) is 34.3 Å². The number of hydrogen-bond donors (Lipinski definition) is 4. The third kappa shape index (κ3) is 7.94. The summed E-state index contributed by atoms with van der Waals surface area (Å²) in [6.45, 7) is 7.74. The number of carbonyl (C=O) groups is 5. The molecule has 0 aromatic rings. The molecule has 5 aliphatic carbocycles. The fraction of sp³-hybridized carbons (Fsp3) is 0.850. The molecule has 0 aromatic heterocycles. The zero-order valence-corrected chi connectivity index (χ0v) is 33.2. The first-order valence-electron chi connectivity index (χ1n) is 20.4. The zero-order chi connectivity index (χ0) is 38.4. The van der Waals surface area contributed by atoms with Crippen LogP contribution >= 0.6 is 0 Å². The topological polar surface area (TPSA) is 185 Å². The molecule has 6 aliphatic rings. The summed E-state index contributed by atoms with van der Waals surface area (Å²) in [5.74, 6) is -2.35. The third-order valence-corrected chi connectivity index (χ3v) is 17.7. The summed E-state index contributed by atoms with van der Waals surface area (Å²) in [4.78, 5) is 82.8. The number of hydrogen-bond acceptors (Lipinski definition) is 7. The third-order valence-electron chi connectivity index (χ3n) is 14.5. The second-order valence-electron chi connectivity index (χ2n) is 19.0. The van der Waals surface area contributed by atoms with Gasteiger partial charge in [0.2, 0.25) is 17.6 Å². The van der Waals surface area contributed by atoms with Crippen molar-refractivity contribution in [2.75, 3.05) is 12.3 Å². The van der Waals surface area contributed by atoms with Gasteiger partial charge in [0.15, 0.2) is 5.23 Å². The van der Waals surface area contributed by atoms with E-state index in [4.69, 9.17) is 5.73 Å². The van der Waals surface area contributed by atoms with Crippen LogP contribution in [-0.2, 0) is 33.5 Å². The van der Waals surface area contributed by atoms with Crippen molar-refractivity contribution in [1.29, 1.82) is 0 Å². The Morgan fingerprint density at radius 2 is 1.49 bits per heavy atom. The highest BCUT2D eigenvalue weighted by Crippen LogP contribution is 2.66. The van der Waals surface area contributed by atoms with Gasteiger partial charge >= 0.3 is 6.03 Å². The number of amides is 5. The SMILES string of the molecule is CC1([C@H](NC(=O)NC2(CS(=O)(=C=O)C(C)(C)C)CCCCC2)C(=O)N2C[C@H]3[C@H](CCC34CC4)[C@H]2C(=O)NC(CC2CCC2)C(=O)C(N)=O)CCCCC1. The highest BCUT2D eigenvalue weighted by molar-refractivity contribution is 8.01. The monoisotopic (exact) mass is 757 g/mol. The molecule has 12 nitrogen and oxygen atoms in total. The molecule has 1 heterocycles. The molecule has 13 heteroatoms. The van der Waals surface area contributed by atoms with Crippen LogP contribution in [0.5, 0.6) is 0 Å². The summed E-state index contributed by atoms with van der Waals surface area (Å²) >= 11 is 0. The highest BCUT2D eigenvalue weighted by atomic mass is 32.2. The van der Waals surface area contributed by atoms with Gasteiger partial charge in [0, 0.05) is 17.0 Å². The molecule has 296 valence electrons. The molecular weight excluding hydrogens is 695 g/mol. The van der Waals surface area contributed by atoms with E-state index in [0.717, 1.165) is 96.3 Å². The van der Waals surface area contributed by atoms with Crippen LogP contribution in [0.15, 0.2) is 0 Å². The van der Waals surface area contributed by atoms with Crippen LogP contribution in [0.4, 0.5) is 4.79 Å². The lowest BCUT2D eigenvalue weighted by atomic mass is 9.70. The Labute approximate surface area is 315 Å². The van der Waals surface area contributed by atoms with Gasteiger partial charge in [-0.25, -0.2) is 9.59 Å². The normalized spacial score (nSPS) is 29.4. The van der Waals surface area contributed by atoms with Gasteiger partial charge in [-0.3, -0.25) is 23.4 Å². The fourth-order valence-corrected chi connectivity index (χ4v) is 12.6. The van der Waals surface area contributed by atoms with Crippen molar-refractivity contribution in [2.45, 2.75) is 172 Å². The molecule has 5 amide bonds. The Morgan fingerprint density at radius 3 is 2.02 bits per heavy atom. The van der Waals surface area contributed by atoms with Gasteiger partial charge < -0.3 is 26.6 Å². The lowest BCUT2D eigenvalue weighted by Crippen LogP contribution is -2.64. The van der Waals surface area contributed by atoms with Crippen LogP contribution in [0.3, 0.4) is 0 Å². The summed E-state index contributed by atoms with van der Waals surface area (Å²) < 4.78 is 13.1. The van der Waals surface area contributed by atoms with Gasteiger partial charge in [0.25, 0.3) is 5.91 Å². The Morgan fingerprint density at radius 1 is 0.868 bits per heavy atom. The number of nitrogens with zero attached hydrogens (tertiary/aromatic N) is 1. The van der Waals surface area contributed by atoms with Crippen molar-refractivity contribution in [1.82, 2.24) is 20.9 Å². The van der Waals surface area contributed by atoms with E-state index < -0.39 is 67.0 Å². The predicted octanol–water partition coefficient (Wildman–Crippen LogP) is 4.22. The van der Waals surface area contributed by atoms with E-state index in [0.29, 0.717) is 25.8 Å². The average molecular weight is 758 g/mol. The van der Waals surface area contributed by atoms with Gasteiger partial charge in [-0.15, -0.1) is 0 Å². The smallest absolute Gasteiger partial charge is 0.315 e. The summed E-state index contributed by atoms with van der Waals surface area (Å²) in [6.07, 6.45) is 15.2. The second kappa shape index (κ2) is 15.0. The van der Waals surface area contributed by atoms with Crippen molar-refractivity contribution < 1.29 is 33.0 Å². The van der Waals surface area contributed by atoms with E-state index >= 15 is 4.79 Å². The molecule has 2 unspecified atom stereocenters. The second-order valence-corrected chi connectivity index (χ2v) is 22.1. The van der Waals surface area contributed by atoms with Gasteiger partial charge in [0.1, 0.15) is 12.1 Å². The van der Waals surface area contributed by atoms with Crippen LogP contribution in [0.25, 0.3) is 0 Å². The van der Waals surface area contributed by atoms with Crippen LogP contribution in [0.2, 0.25) is 0 Å². The van der Waals surface area contributed by atoms with E-state index in [-0.39, 0.29) is 34.8 Å². The minimum absolute atomic E-state index is 0.0117. The molecule has 0 radical (unpaired) electrons. The Bertz CT molecular complexity index is 1600. The van der Waals surface area contributed by atoms with Crippen molar-refractivity contribution in [3.8, 4) is 0 Å². The highest BCUT2D eigenvalue weighted by Gasteiger charge is 2.64. The maximum absolute atomic E-state index is 15.2. The van der Waals surface area contributed by atoms with E-state index in [9.17, 15) is 28.2 Å². The van der Waals surface area contributed by atoms with Gasteiger partial charge in [-0.1, -0.05) is 64.7 Å². The lowest BCUT2D eigenvalue weighted by molar-refractivity contribution is -0.145. The zero-order valence-electron chi connectivity index (χ0n) is 32.4. The number of nitrogens with one attached hydrogen (secondary N) is 3. The van der Waals surface area contributed by atoms with E-state index in [1.165, 1.54) is 0 Å². The molecule has 6 rings (SSSR count). The van der Waals surface area contributed by atoms with E-state index in [1.807, 2.05) is 12.2 Å². The molecule has 1 saturated heterocycles. The van der Waals surface area contributed by atoms with Gasteiger partial charge in [-0.05, 0) is 107 Å². The number of ketones is 1. The lowest BCUT2D eigenvalue weighted by Gasteiger charge is -2.44. The van der Waals surface area contributed by atoms with Crippen molar-refractivity contribution >= 4 is 44.3 Å². The fourth-order valence-electron chi connectivity index (χ4n) is 10.7. The molecule has 0 aromatic carbocycles. The van der Waals surface area contributed by atoms with Crippen LogP contribution in [-0.4, -0.2) is 84.6 Å². The maximum atomic E-state index is 15.2. The minimum atomic E-state index is -3.12. The summed E-state index contributed by atoms with van der Waals surface area (Å²) in [5.41, 5.74) is 4.09. The largest absolute Gasteiger partial charge is 0.363 e. The molecular formula is C40H63N5O7S. The molecule has 6 fully saturated rings. The molecule has 5 N–H and O–H groups in total. The standard InChI is InChI=1S/C40H63N5O7S/c1-37(2,3)53(52,25-46)24-40(17-9-6-10-18-40)44-36(51)43-32(38(4)15-7-5-8-16-38)35(50)45-23-28-27(14-19-39(28)20-21-39)30(45)34(49)42-29(31(47)33(41)48)22-26-12-11-13-26/h26-30,32H,5-24H2,1-4H3,(H2,41,48)(H,42,49)(H2,43,44,51)/t27-,28-,29?,30-,32+,53?/m0/s1. The number of fused-ring (bicyclic) bond motifs is 2. The number of Topliss-reactive ketones (excluding diaryl/α,β-unsaturated/α-hetero) is 1. The number of urea groups is 1. The van der Waals surface area contributed by atoms with Gasteiger partial charge in [-0.2, -0.15) is 0 Å². The van der Waals surface area contributed by atoms with Crippen LogP contribution in [0, 0.1) is 28.6 Å². The molecule has 1 aliphatic heterocycles. The molecule has 6 atom stereocenters. The van der Waals surface area contributed by atoms with Crippen molar-refractivity contribution in [3.63, 3.8) is 0 Å².